The molecule has 0 aliphatic carbocycles. The Bertz CT molecular complexity index is 1130. The Kier molecular flexibility index (Phi) is 7.11. The molecule has 8 heteroatoms. The Morgan fingerprint density at radius 1 is 1.00 bits per heavy atom. The van der Waals surface area contributed by atoms with Crippen molar-refractivity contribution in [1.29, 1.82) is 0 Å². The summed E-state index contributed by atoms with van der Waals surface area (Å²) in [6.07, 6.45) is 3.05. The van der Waals surface area contributed by atoms with Crippen LogP contribution in [0.4, 0.5) is 11.4 Å². The highest BCUT2D eigenvalue weighted by molar-refractivity contribution is 6.35. The summed E-state index contributed by atoms with van der Waals surface area (Å²) in [4.78, 5) is 17.1. The molecule has 1 saturated heterocycles. The van der Waals surface area contributed by atoms with Crippen LogP contribution in [0.15, 0.2) is 59.0 Å². The van der Waals surface area contributed by atoms with Crippen molar-refractivity contribution in [3.05, 3.63) is 75.4 Å². The maximum atomic E-state index is 12.6. The van der Waals surface area contributed by atoms with Gasteiger partial charge in [0.25, 0.3) is 0 Å². The zero-order chi connectivity index (χ0) is 22.7. The molecule has 1 aliphatic rings. The first kappa shape index (κ1) is 22.7. The van der Waals surface area contributed by atoms with Gasteiger partial charge in [0.15, 0.2) is 0 Å². The van der Waals surface area contributed by atoms with Crippen LogP contribution in [0.1, 0.15) is 5.76 Å². The number of anilines is 2. The van der Waals surface area contributed by atoms with Gasteiger partial charge in [-0.1, -0.05) is 40.9 Å². The molecule has 166 valence electrons. The molecule has 2 aromatic carbocycles. The summed E-state index contributed by atoms with van der Waals surface area (Å²) in [5.41, 5.74) is 2.30. The van der Waals surface area contributed by atoms with Gasteiger partial charge in [0.05, 0.1) is 16.4 Å². The lowest BCUT2D eigenvalue weighted by Crippen LogP contribution is -2.44. The van der Waals surface area contributed by atoms with Crippen LogP contribution < -0.4 is 10.2 Å². The first-order valence-corrected chi connectivity index (χ1v) is 11.3. The highest BCUT2D eigenvalue weighted by Crippen LogP contribution is 2.34. The Morgan fingerprint density at radius 3 is 2.44 bits per heavy atom. The van der Waals surface area contributed by atoms with Gasteiger partial charge in [-0.05, 0) is 55.6 Å². The quantitative estimate of drug-likeness (QED) is 0.426. The highest BCUT2D eigenvalue weighted by Gasteiger charge is 2.20. The van der Waals surface area contributed by atoms with Crippen molar-refractivity contribution in [3.63, 3.8) is 0 Å². The second-order valence-electron chi connectivity index (χ2n) is 7.61. The molecule has 4 rings (SSSR count). The Hall–Kier alpha value is -2.44. The minimum absolute atomic E-state index is 0.272. The SMILES string of the molecule is CN1CCN(c2c(Cl)cccc2NC(=O)/C=C/c2ccc(-c3cc(Cl)cc(Cl)c3)o2)CC1. The number of furan rings is 1. The lowest BCUT2D eigenvalue weighted by molar-refractivity contribution is -0.111. The van der Waals surface area contributed by atoms with E-state index >= 15 is 0 Å². The zero-order valence-electron chi connectivity index (χ0n) is 17.4. The third kappa shape index (κ3) is 5.48. The third-order valence-corrected chi connectivity index (χ3v) is 5.98. The zero-order valence-corrected chi connectivity index (χ0v) is 19.7. The van der Waals surface area contributed by atoms with Gasteiger partial charge in [-0.15, -0.1) is 0 Å². The maximum Gasteiger partial charge on any atom is 0.248 e. The number of carbonyl (C=O) groups is 1. The van der Waals surface area contributed by atoms with Crippen LogP contribution in [-0.4, -0.2) is 44.0 Å². The Balaban J connectivity index is 1.47. The molecule has 1 fully saturated rings. The smallest absolute Gasteiger partial charge is 0.248 e. The summed E-state index contributed by atoms with van der Waals surface area (Å²) < 4.78 is 5.81. The summed E-state index contributed by atoms with van der Waals surface area (Å²) in [7, 11) is 2.10. The second kappa shape index (κ2) is 10.0. The third-order valence-electron chi connectivity index (χ3n) is 5.24. The van der Waals surface area contributed by atoms with Gasteiger partial charge in [0, 0.05) is 47.9 Å². The number of benzene rings is 2. The first-order valence-electron chi connectivity index (χ1n) is 10.2. The van der Waals surface area contributed by atoms with E-state index in [1.807, 2.05) is 24.3 Å². The van der Waals surface area contributed by atoms with E-state index in [9.17, 15) is 4.79 Å². The molecule has 5 nitrogen and oxygen atoms in total. The fraction of sp³-hybridized carbons (Fsp3) is 0.208. The van der Waals surface area contributed by atoms with E-state index in [-0.39, 0.29) is 5.91 Å². The number of hydrogen-bond donors (Lipinski definition) is 1. The molecular weight excluding hydrogens is 469 g/mol. The standard InChI is InChI=1S/C24H22Cl3N3O2/c1-29-9-11-30(12-10-29)24-20(27)3-2-4-21(24)28-23(31)8-6-19-5-7-22(32-19)16-13-17(25)15-18(26)14-16/h2-8,13-15H,9-12H2,1H3,(H,28,31)/b8-6+. The van der Waals surface area contributed by atoms with Crippen LogP contribution in [0, 0.1) is 0 Å². The van der Waals surface area contributed by atoms with Gasteiger partial charge >= 0.3 is 0 Å². The van der Waals surface area contributed by atoms with Crippen LogP contribution in [0.2, 0.25) is 15.1 Å². The van der Waals surface area contributed by atoms with Crippen LogP contribution >= 0.6 is 34.8 Å². The number of carbonyl (C=O) groups excluding carboxylic acids is 1. The van der Waals surface area contributed by atoms with Crippen molar-refractivity contribution >= 4 is 58.2 Å². The molecule has 1 amide bonds. The van der Waals surface area contributed by atoms with Gasteiger partial charge in [0.1, 0.15) is 11.5 Å². The summed E-state index contributed by atoms with van der Waals surface area (Å²) >= 11 is 18.6. The van der Waals surface area contributed by atoms with Gasteiger partial charge in [-0.2, -0.15) is 0 Å². The van der Waals surface area contributed by atoms with E-state index in [0.717, 1.165) is 37.4 Å². The maximum absolute atomic E-state index is 12.6. The summed E-state index contributed by atoms with van der Waals surface area (Å²) in [6.45, 7) is 3.58. The van der Waals surface area contributed by atoms with E-state index < -0.39 is 0 Å². The first-order chi connectivity index (χ1) is 15.4. The molecule has 0 unspecified atom stereocenters. The van der Waals surface area contributed by atoms with E-state index in [2.05, 4.69) is 22.2 Å². The molecule has 2 heterocycles. The number of nitrogens with zero attached hydrogens (tertiary/aromatic N) is 2. The van der Waals surface area contributed by atoms with Gasteiger partial charge in [-0.3, -0.25) is 4.79 Å². The number of likely N-dealkylation sites (N-methyl/N-ethyl adjacent to an activating group) is 1. The molecular formula is C24H22Cl3N3O2. The van der Waals surface area contributed by atoms with Crippen molar-refractivity contribution in [2.24, 2.45) is 0 Å². The van der Waals surface area contributed by atoms with Crippen molar-refractivity contribution in [3.8, 4) is 11.3 Å². The van der Waals surface area contributed by atoms with Crippen LogP contribution in [-0.2, 0) is 4.79 Å². The number of piperazine rings is 1. The molecule has 1 aliphatic heterocycles. The minimum Gasteiger partial charge on any atom is -0.457 e. The average Bonchev–Trinajstić information content (AvgIpc) is 3.22. The highest BCUT2D eigenvalue weighted by atomic mass is 35.5. The molecule has 0 radical (unpaired) electrons. The summed E-state index contributed by atoms with van der Waals surface area (Å²) in [5, 5.41) is 4.61. The Labute approximate surface area is 202 Å². The monoisotopic (exact) mass is 489 g/mol. The summed E-state index contributed by atoms with van der Waals surface area (Å²) in [6, 6.07) is 14.3. The van der Waals surface area contributed by atoms with Crippen LogP contribution in [0.5, 0.6) is 0 Å². The number of para-hydroxylation sites is 1. The molecule has 1 aromatic heterocycles. The molecule has 0 atom stereocenters. The number of halogens is 3. The molecule has 0 spiro atoms. The second-order valence-corrected chi connectivity index (χ2v) is 8.89. The molecule has 1 N–H and O–H groups in total. The van der Waals surface area contributed by atoms with Crippen molar-refractivity contribution in [1.82, 2.24) is 4.90 Å². The van der Waals surface area contributed by atoms with Crippen LogP contribution in [0.25, 0.3) is 17.4 Å². The van der Waals surface area contributed by atoms with E-state index in [4.69, 9.17) is 39.2 Å². The van der Waals surface area contributed by atoms with Crippen molar-refractivity contribution in [2.45, 2.75) is 0 Å². The fourth-order valence-corrected chi connectivity index (χ4v) is 4.41. The van der Waals surface area contributed by atoms with Gasteiger partial charge < -0.3 is 19.5 Å². The largest absolute Gasteiger partial charge is 0.457 e. The molecule has 0 saturated carbocycles. The predicted molar refractivity (Wildman–Crippen MR) is 133 cm³/mol. The minimum atomic E-state index is -0.272. The number of nitrogens with one attached hydrogen (secondary N) is 1. The molecule has 32 heavy (non-hydrogen) atoms. The summed E-state index contributed by atoms with van der Waals surface area (Å²) in [5.74, 6) is 0.879. The number of rotatable bonds is 5. The van der Waals surface area contributed by atoms with Gasteiger partial charge in [-0.25, -0.2) is 0 Å². The normalized spacial score (nSPS) is 14.8. The number of amides is 1. The van der Waals surface area contributed by atoms with Gasteiger partial charge in [0.2, 0.25) is 5.91 Å². The van der Waals surface area contributed by atoms with E-state index in [0.29, 0.717) is 32.3 Å². The number of hydrogen-bond acceptors (Lipinski definition) is 4. The predicted octanol–water partition coefficient (Wildman–Crippen LogP) is 6.31. The lowest BCUT2D eigenvalue weighted by atomic mass is 10.2. The van der Waals surface area contributed by atoms with E-state index in [1.54, 1.807) is 30.3 Å². The van der Waals surface area contributed by atoms with Crippen molar-refractivity contribution in [2.75, 3.05) is 43.4 Å². The molecule has 3 aromatic rings. The van der Waals surface area contributed by atoms with Crippen LogP contribution in [0.3, 0.4) is 0 Å². The Morgan fingerprint density at radius 2 is 1.72 bits per heavy atom. The fourth-order valence-electron chi connectivity index (χ4n) is 3.59. The topological polar surface area (TPSA) is 48.7 Å². The average molecular weight is 491 g/mol. The van der Waals surface area contributed by atoms with E-state index in [1.165, 1.54) is 6.08 Å². The lowest BCUT2D eigenvalue weighted by Gasteiger charge is -2.35. The molecule has 0 bridgehead atoms. The van der Waals surface area contributed by atoms with Crippen molar-refractivity contribution < 1.29 is 9.21 Å².